The Morgan fingerprint density at radius 3 is 2.17 bits per heavy atom. The second-order valence-electron chi connectivity index (χ2n) is 7.04. The quantitative estimate of drug-likeness (QED) is 0.622. The van der Waals surface area contributed by atoms with E-state index in [1.807, 2.05) is 31.2 Å². The number of aryl methyl sites for hydroxylation is 1. The Hall–Kier alpha value is -1.94. The molecule has 0 N–H and O–H groups in total. The lowest BCUT2D eigenvalue weighted by Crippen LogP contribution is -2.41. The van der Waals surface area contributed by atoms with Crippen LogP contribution in [0.4, 0.5) is 5.69 Å². The highest BCUT2D eigenvalue weighted by Gasteiger charge is 2.46. The molecule has 1 aliphatic carbocycles. The van der Waals surface area contributed by atoms with Crippen LogP contribution < -0.4 is 4.90 Å². The molecule has 4 nitrogen and oxygen atoms in total. The maximum absolute atomic E-state index is 12.8. The number of likely N-dealkylation sites (tertiary alicyclic amines) is 1. The number of fused-ring (bicyclic) bond motifs is 1. The topological polar surface area (TPSA) is 40.6 Å². The first-order valence-electron chi connectivity index (χ1n) is 8.46. The average Bonchev–Trinajstić information content (AvgIpc) is 3.09. The average molecular weight is 310 g/mol. The van der Waals surface area contributed by atoms with Crippen LogP contribution in [0.2, 0.25) is 0 Å². The first-order chi connectivity index (χ1) is 11.1. The van der Waals surface area contributed by atoms with Crippen molar-refractivity contribution >= 4 is 17.5 Å². The molecule has 120 valence electrons. The molecule has 0 saturated carbocycles. The van der Waals surface area contributed by atoms with Crippen LogP contribution in [0, 0.1) is 18.8 Å². The fraction of sp³-hybridized carbons (Fsp3) is 0.474. The predicted octanol–water partition coefficient (Wildman–Crippen LogP) is 2.52. The summed E-state index contributed by atoms with van der Waals surface area (Å²) in [4.78, 5) is 28.9. The predicted molar refractivity (Wildman–Crippen MR) is 89.0 cm³/mol. The van der Waals surface area contributed by atoms with Gasteiger partial charge in [0.05, 0.1) is 18.2 Å². The molecule has 2 saturated heterocycles. The number of carbonyl (C=O) groups excluding carboxylic acids is 2. The van der Waals surface area contributed by atoms with E-state index in [2.05, 4.69) is 17.1 Å². The van der Waals surface area contributed by atoms with Crippen LogP contribution in [0.15, 0.2) is 36.4 Å². The standard InChI is InChI=1S/C19H22N2O2/c1-13-6-8-16(9-7-13)21-18(22)10-17(19(21)23)20-11-14-4-2-3-5-15(14)12-20/h2-3,6-9,14-15,17H,4-5,10-12H2,1H3. The zero-order valence-corrected chi connectivity index (χ0v) is 13.4. The first-order valence-corrected chi connectivity index (χ1v) is 8.46. The minimum absolute atomic E-state index is 0.0505. The maximum Gasteiger partial charge on any atom is 0.251 e. The Kier molecular flexibility index (Phi) is 3.57. The molecule has 4 heteroatoms. The number of nitrogens with zero attached hydrogens (tertiary/aromatic N) is 2. The van der Waals surface area contributed by atoms with Gasteiger partial charge in [0, 0.05) is 13.1 Å². The Labute approximate surface area is 136 Å². The van der Waals surface area contributed by atoms with Gasteiger partial charge in [-0.05, 0) is 43.7 Å². The first kappa shape index (κ1) is 14.6. The smallest absolute Gasteiger partial charge is 0.251 e. The molecule has 0 aromatic heterocycles. The van der Waals surface area contributed by atoms with Crippen molar-refractivity contribution in [3.8, 4) is 0 Å². The van der Waals surface area contributed by atoms with Gasteiger partial charge in [-0.2, -0.15) is 0 Å². The normalized spacial score (nSPS) is 31.0. The van der Waals surface area contributed by atoms with Gasteiger partial charge >= 0.3 is 0 Å². The summed E-state index contributed by atoms with van der Waals surface area (Å²) in [7, 11) is 0. The molecule has 2 heterocycles. The highest BCUT2D eigenvalue weighted by atomic mass is 16.2. The molecule has 4 rings (SSSR count). The van der Waals surface area contributed by atoms with Gasteiger partial charge in [0.25, 0.3) is 5.91 Å². The van der Waals surface area contributed by atoms with Gasteiger partial charge in [-0.3, -0.25) is 14.5 Å². The van der Waals surface area contributed by atoms with Crippen molar-refractivity contribution in [3.63, 3.8) is 0 Å². The van der Waals surface area contributed by atoms with Gasteiger partial charge in [-0.1, -0.05) is 29.8 Å². The van der Waals surface area contributed by atoms with Gasteiger partial charge < -0.3 is 0 Å². The van der Waals surface area contributed by atoms with Crippen LogP contribution >= 0.6 is 0 Å². The summed E-state index contributed by atoms with van der Waals surface area (Å²) in [5.41, 5.74) is 1.83. The van der Waals surface area contributed by atoms with Crippen LogP contribution in [0.25, 0.3) is 0 Å². The molecular formula is C19H22N2O2. The molecular weight excluding hydrogens is 288 g/mol. The largest absolute Gasteiger partial charge is 0.291 e. The second-order valence-corrected chi connectivity index (χ2v) is 7.04. The molecule has 0 spiro atoms. The lowest BCUT2D eigenvalue weighted by Gasteiger charge is -2.22. The lowest BCUT2D eigenvalue weighted by molar-refractivity contribution is -0.122. The highest BCUT2D eigenvalue weighted by molar-refractivity contribution is 6.22. The summed E-state index contributed by atoms with van der Waals surface area (Å²) in [6.45, 7) is 3.89. The summed E-state index contributed by atoms with van der Waals surface area (Å²) in [5.74, 6) is 1.18. The molecule has 23 heavy (non-hydrogen) atoms. The number of anilines is 1. The van der Waals surface area contributed by atoms with E-state index < -0.39 is 0 Å². The summed E-state index contributed by atoms with van der Waals surface area (Å²) in [6, 6.07) is 7.34. The molecule has 1 aromatic rings. The van der Waals surface area contributed by atoms with Gasteiger partial charge in [0.2, 0.25) is 5.91 Å². The van der Waals surface area contributed by atoms with Crippen molar-refractivity contribution in [1.82, 2.24) is 4.90 Å². The van der Waals surface area contributed by atoms with Crippen molar-refractivity contribution in [3.05, 3.63) is 42.0 Å². The lowest BCUT2D eigenvalue weighted by atomic mass is 9.86. The highest BCUT2D eigenvalue weighted by Crippen LogP contribution is 2.36. The van der Waals surface area contributed by atoms with Crippen molar-refractivity contribution in [2.45, 2.75) is 32.2 Å². The molecule has 1 aromatic carbocycles. The van der Waals surface area contributed by atoms with Crippen molar-refractivity contribution in [1.29, 1.82) is 0 Å². The fourth-order valence-electron chi connectivity index (χ4n) is 4.17. The second kappa shape index (κ2) is 5.60. The molecule has 3 atom stereocenters. The minimum atomic E-state index is -0.269. The molecule has 2 amide bonds. The van der Waals surface area contributed by atoms with E-state index in [9.17, 15) is 9.59 Å². The SMILES string of the molecule is Cc1ccc(N2C(=O)CC(N3CC4CC=CCC4C3)C2=O)cc1. The van der Waals surface area contributed by atoms with Crippen molar-refractivity contribution < 1.29 is 9.59 Å². The Morgan fingerprint density at radius 2 is 1.57 bits per heavy atom. The summed E-state index contributed by atoms with van der Waals surface area (Å²) in [5, 5.41) is 0. The summed E-state index contributed by atoms with van der Waals surface area (Å²) < 4.78 is 0. The monoisotopic (exact) mass is 310 g/mol. The van der Waals surface area contributed by atoms with E-state index in [-0.39, 0.29) is 17.9 Å². The van der Waals surface area contributed by atoms with Crippen LogP contribution in [0.5, 0.6) is 0 Å². The van der Waals surface area contributed by atoms with Crippen LogP contribution in [0.1, 0.15) is 24.8 Å². The third-order valence-electron chi connectivity index (χ3n) is 5.50. The maximum atomic E-state index is 12.8. The number of rotatable bonds is 2. The minimum Gasteiger partial charge on any atom is -0.291 e. The zero-order chi connectivity index (χ0) is 16.0. The molecule has 3 unspecified atom stereocenters. The van der Waals surface area contributed by atoms with E-state index in [0.29, 0.717) is 23.9 Å². The third kappa shape index (κ3) is 2.51. The van der Waals surface area contributed by atoms with Gasteiger partial charge in [-0.25, -0.2) is 4.90 Å². The van der Waals surface area contributed by atoms with E-state index in [1.165, 1.54) is 4.90 Å². The van der Waals surface area contributed by atoms with E-state index >= 15 is 0 Å². The molecule has 2 aliphatic heterocycles. The fourth-order valence-corrected chi connectivity index (χ4v) is 4.17. The van der Waals surface area contributed by atoms with Crippen LogP contribution in [-0.4, -0.2) is 35.8 Å². The van der Waals surface area contributed by atoms with E-state index in [4.69, 9.17) is 0 Å². The van der Waals surface area contributed by atoms with Gasteiger partial charge in [0.1, 0.15) is 0 Å². The van der Waals surface area contributed by atoms with Gasteiger partial charge in [0.15, 0.2) is 0 Å². The van der Waals surface area contributed by atoms with Crippen molar-refractivity contribution in [2.75, 3.05) is 18.0 Å². The van der Waals surface area contributed by atoms with Crippen LogP contribution in [0.3, 0.4) is 0 Å². The summed E-state index contributed by atoms with van der Waals surface area (Å²) in [6.07, 6.45) is 7.05. The van der Waals surface area contributed by atoms with Crippen molar-refractivity contribution in [2.24, 2.45) is 11.8 Å². The number of amides is 2. The van der Waals surface area contributed by atoms with Gasteiger partial charge in [-0.15, -0.1) is 0 Å². The number of hydrogen-bond donors (Lipinski definition) is 0. The Bertz CT molecular complexity index is 648. The Morgan fingerprint density at radius 1 is 0.957 bits per heavy atom. The molecule has 0 bridgehead atoms. The van der Waals surface area contributed by atoms with Crippen LogP contribution in [-0.2, 0) is 9.59 Å². The zero-order valence-electron chi connectivity index (χ0n) is 13.4. The third-order valence-corrected chi connectivity index (χ3v) is 5.50. The molecule has 2 fully saturated rings. The van der Waals surface area contributed by atoms with E-state index in [1.54, 1.807) is 0 Å². The number of benzene rings is 1. The molecule has 3 aliphatic rings. The number of allylic oxidation sites excluding steroid dienone is 2. The Balaban J connectivity index is 1.53. The number of imide groups is 1. The number of hydrogen-bond acceptors (Lipinski definition) is 3. The molecule has 0 radical (unpaired) electrons. The number of carbonyl (C=O) groups is 2. The van der Waals surface area contributed by atoms with E-state index in [0.717, 1.165) is 31.5 Å². The summed E-state index contributed by atoms with van der Waals surface area (Å²) >= 11 is 0.